The Morgan fingerprint density at radius 3 is 2.21 bits per heavy atom. The minimum Gasteiger partial charge on any atom is -0.492 e. The van der Waals surface area contributed by atoms with E-state index in [2.05, 4.69) is 28.7 Å². The predicted octanol–water partition coefficient (Wildman–Crippen LogP) is 7.47. The zero-order valence-electron chi connectivity index (χ0n) is 27.3. The molecule has 0 heterocycles. The number of nitrogens with zero attached hydrogens (tertiary/aromatic N) is 1. The van der Waals surface area contributed by atoms with E-state index in [-0.39, 0.29) is 24.7 Å². The van der Waals surface area contributed by atoms with E-state index in [1.54, 1.807) is 0 Å². The van der Waals surface area contributed by atoms with Gasteiger partial charge in [0.25, 0.3) is 0 Å². The number of aryl methyl sites for hydroxylation is 1. The summed E-state index contributed by atoms with van der Waals surface area (Å²) in [5.74, 6) is 1.87. The molecular formula is C33H46F9NO5. The fourth-order valence-electron chi connectivity index (χ4n) is 8.15. The van der Waals surface area contributed by atoms with Gasteiger partial charge in [-0.2, -0.15) is 39.5 Å². The molecule has 0 unspecified atom stereocenters. The van der Waals surface area contributed by atoms with Crippen molar-refractivity contribution in [3.8, 4) is 5.75 Å². The van der Waals surface area contributed by atoms with Crippen molar-refractivity contribution in [2.75, 3.05) is 59.8 Å². The molecule has 4 rings (SSSR count). The van der Waals surface area contributed by atoms with Gasteiger partial charge in [-0.25, -0.2) is 0 Å². The molecular weight excluding hydrogens is 661 g/mol. The van der Waals surface area contributed by atoms with Gasteiger partial charge < -0.3 is 29.0 Å². The topological polar surface area (TPSA) is 60.4 Å². The number of aliphatic hydroxyl groups is 1. The van der Waals surface area contributed by atoms with Crippen LogP contribution in [0.15, 0.2) is 18.2 Å². The van der Waals surface area contributed by atoms with Crippen LogP contribution in [-0.4, -0.2) is 100 Å². The summed E-state index contributed by atoms with van der Waals surface area (Å²) in [7, 11) is 2.02. The molecule has 3 aliphatic rings. The van der Waals surface area contributed by atoms with Gasteiger partial charge in [-0.3, -0.25) is 0 Å². The zero-order valence-corrected chi connectivity index (χ0v) is 27.3. The van der Waals surface area contributed by atoms with Crippen LogP contribution < -0.4 is 4.74 Å². The molecule has 15 heteroatoms. The summed E-state index contributed by atoms with van der Waals surface area (Å²) in [5.41, 5.74) is -3.93. The lowest BCUT2D eigenvalue weighted by Gasteiger charge is -2.50. The van der Waals surface area contributed by atoms with Crippen molar-refractivity contribution in [1.82, 2.24) is 4.90 Å². The highest BCUT2D eigenvalue weighted by Crippen LogP contribution is 2.62. The second kappa shape index (κ2) is 15.6. The minimum absolute atomic E-state index is 0.0163. The van der Waals surface area contributed by atoms with Crippen LogP contribution in [0.2, 0.25) is 0 Å². The molecule has 1 aromatic carbocycles. The van der Waals surface area contributed by atoms with Crippen molar-refractivity contribution in [2.24, 2.45) is 17.3 Å². The van der Waals surface area contributed by atoms with Gasteiger partial charge >= 0.3 is 24.1 Å². The summed E-state index contributed by atoms with van der Waals surface area (Å²) in [6.07, 6.45) is -15.1. The molecule has 0 aromatic heterocycles. The van der Waals surface area contributed by atoms with Crippen LogP contribution in [0.4, 0.5) is 39.5 Å². The van der Waals surface area contributed by atoms with Crippen LogP contribution >= 0.6 is 0 Å². The standard InChI is InChI=1S/C33H46F9NO5/c1-29-12-11-25-24-8-6-23(46-19-14-43(2)13-3-16-45-20-15-44)21-22(24)5-7-26(25)27(29)9-10-28(29)47-17-4-18-48-30(31(34,35)36,32(37,38)39)33(40,41)42/h6,8,21,25-28,44H,3-5,7,9-20H2,1-2H3/t25-,26-,27+,28+,29+/m1/s1. The van der Waals surface area contributed by atoms with Crippen LogP contribution in [0.25, 0.3) is 0 Å². The summed E-state index contributed by atoms with van der Waals surface area (Å²) in [5, 5.41) is 8.76. The van der Waals surface area contributed by atoms with E-state index in [9.17, 15) is 39.5 Å². The maximum Gasteiger partial charge on any atom is 0.435 e. The summed E-state index contributed by atoms with van der Waals surface area (Å²) < 4.78 is 139. The number of halogens is 9. The van der Waals surface area contributed by atoms with E-state index >= 15 is 0 Å². The molecule has 1 aromatic rings. The molecule has 0 bridgehead atoms. The van der Waals surface area contributed by atoms with Gasteiger partial charge in [0.1, 0.15) is 12.4 Å². The van der Waals surface area contributed by atoms with Crippen LogP contribution in [0.3, 0.4) is 0 Å². The molecule has 0 spiro atoms. The molecule has 2 fully saturated rings. The predicted molar refractivity (Wildman–Crippen MR) is 158 cm³/mol. The Morgan fingerprint density at radius 1 is 0.833 bits per heavy atom. The number of hydrogen-bond acceptors (Lipinski definition) is 6. The number of ether oxygens (including phenoxy) is 4. The van der Waals surface area contributed by atoms with Gasteiger partial charge in [-0.1, -0.05) is 13.0 Å². The second-order valence-electron chi connectivity index (χ2n) is 13.5. The van der Waals surface area contributed by atoms with Crippen molar-refractivity contribution in [1.29, 1.82) is 0 Å². The van der Waals surface area contributed by atoms with Crippen molar-refractivity contribution in [2.45, 2.75) is 94.4 Å². The molecule has 1 N–H and O–H groups in total. The SMILES string of the molecule is CN(CCCOCCO)CCOc1ccc2c(c1)CC[C@@H]1[C@@H]2CC[C@]2(C)[C@@H](OCCCOC(C(F)(F)F)(C(F)(F)F)C(F)(F)F)CC[C@@H]12. The molecule has 0 amide bonds. The first kappa shape index (κ1) is 39.0. The minimum atomic E-state index is -6.74. The smallest absolute Gasteiger partial charge is 0.435 e. The molecule has 2 saturated carbocycles. The van der Waals surface area contributed by atoms with E-state index in [0.717, 1.165) is 57.4 Å². The monoisotopic (exact) mass is 707 g/mol. The number of alkyl halides is 9. The maximum atomic E-state index is 13.1. The molecule has 0 saturated heterocycles. The molecule has 276 valence electrons. The lowest BCUT2D eigenvalue weighted by atomic mass is 9.55. The molecule has 0 aliphatic heterocycles. The van der Waals surface area contributed by atoms with Gasteiger partial charge in [0.2, 0.25) is 0 Å². The van der Waals surface area contributed by atoms with Crippen LogP contribution in [0.5, 0.6) is 5.75 Å². The van der Waals surface area contributed by atoms with Crippen LogP contribution in [0, 0.1) is 17.3 Å². The summed E-state index contributed by atoms with van der Waals surface area (Å²) >= 11 is 0. The number of benzene rings is 1. The molecule has 5 atom stereocenters. The van der Waals surface area contributed by atoms with Crippen molar-refractivity contribution in [3.63, 3.8) is 0 Å². The number of hydrogen-bond donors (Lipinski definition) is 1. The average molecular weight is 708 g/mol. The Labute approximate surface area is 275 Å². The lowest BCUT2D eigenvalue weighted by Crippen LogP contribution is -2.67. The Hall–Kier alpha value is -1.81. The van der Waals surface area contributed by atoms with Crippen LogP contribution in [-0.2, 0) is 20.6 Å². The molecule has 6 nitrogen and oxygen atoms in total. The van der Waals surface area contributed by atoms with E-state index < -0.39 is 37.2 Å². The van der Waals surface area contributed by atoms with Crippen LogP contribution in [0.1, 0.15) is 68.9 Å². The highest BCUT2D eigenvalue weighted by Gasteiger charge is 2.85. The molecule has 0 radical (unpaired) electrons. The fraction of sp³-hybridized carbons (Fsp3) is 0.818. The van der Waals surface area contributed by atoms with E-state index in [0.29, 0.717) is 44.0 Å². The third-order valence-corrected chi connectivity index (χ3v) is 10.5. The summed E-state index contributed by atoms with van der Waals surface area (Å²) in [4.78, 5) is 2.16. The summed E-state index contributed by atoms with van der Waals surface area (Å²) in [6, 6.07) is 6.28. The van der Waals surface area contributed by atoms with E-state index in [4.69, 9.17) is 19.3 Å². The second-order valence-corrected chi connectivity index (χ2v) is 13.5. The first-order chi connectivity index (χ1) is 22.5. The quantitative estimate of drug-likeness (QED) is 0.142. The Kier molecular flexibility index (Phi) is 12.7. The first-order valence-electron chi connectivity index (χ1n) is 16.5. The average Bonchev–Trinajstić information content (AvgIpc) is 3.32. The largest absolute Gasteiger partial charge is 0.492 e. The molecule has 3 aliphatic carbocycles. The highest BCUT2D eigenvalue weighted by atomic mass is 19.4. The maximum absolute atomic E-state index is 13.1. The van der Waals surface area contributed by atoms with Gasteiger partial charge in [0.15, 0.2) is 0 Å². The number of rotatable bonds is 16. The first-order valence-corrected chi connectivity index (χ1v) is 16.5. The zero-order chi connectivity index (χ0) is 35.4. The van der Waals surface area contributed by atoms with E-state index in [1.807, 2.05) is 13.1 Å². The van der Waals surface area contributed by atoms with Crippen molar-refractivity contribution < 1.29 is 63.6 Å². The Balaban J connectivity index is 1.27. The molecule has 48 heavy (non-hydrogen) atoms. The van der Waals surface area contributed by atoms with Crippen molar-refractivity contribution in [3.05, 3.63) is 29.3 Å². The van der Waals surface area contributed by atoms with Crippen molar-refractivity contribution >= 4 is 0 Å². The van der Waals surface area contributed by atoms with Gasteiger partial charge in [0.05, 0.1) is 25.9 Å². The highest BCUT2D eigenvalue weighted by molar-refractivity contribution is 5.40. The third kappa shape index (κ3) is 8.21. The number of aliphatic hydroxyl groups excluding tert-OH is 1. The van der Waals surface area contributed by atoms with Gasteiger partial charge in [-0.15, -0.1) is 0 Å². The van der Waals surface area contributed by atoms with Gasteiger partial charge in [-0.05, 0) is 105 Å². The Bertz CT molecular complexity index is 1140. The van der Waals surface area contributed by atoms with E-state index in [1.165, 1.54) is 11.1 Å². The number of fused-ring (bicyclic) bond motifs is 5. The fourth-order valence-corrected chi connectivity index (χ4v) is 8.15. The lowest BCUT2D eigenvalue weighted by molar-refractivity contribution is -0.457. The van der Waals surface area contributed by atoms with Gasteiger partial charge in [0, 0.05) is 26.3 Å². The normalized spacial score (nSPS) is 26.4. The summed E-state index contributed by atoms with van der Waals surface area (Å²) in [6.45, 7) is 3.49. The Morgan fingerprint density at radius 2 is 1.54 bits per heavy atom. The third-order valence-electron chi connectivity index (χ3n) is 10.5. The number of likely N-dealkylation sites (N-methyl/N-ethyl adjacent to an activating group) is 1.